The topological polar surface area (TPSA) is 142 Å². The molecule has 0 spiro atoms. The van der Waals surface area contributed by atoms with Crippen molar-refractivity contribution in [3.8, 4) is 22.6 Å². The van der Waals surface area contributed by atoms with E-state index in [4.69, 9.17) is 14.0 Å². The third-order valence-electron chi connectivity index (χ3n) is 5.61. The normalized spacial score (nSPS) is 24.2. The molecular formula is C21H22FN6O6P. The van der Waals surface area contributed by atoms with Crippen molar-refractivity contribution in [1.29, 1.82) is 0 Å². The minimum absolute atomic E-state index is 0.0463. The maximum absolute atomic E-state index is 15.0. The van der Waals surface area contributed by atoms with Crippen molar-refractivity contribution in [2.24, 2.45) is 13.0 Å². The second-order valence-corrected chi connectivity index (χ2v) is 10.2. The van der Waals surface area contributed by atoms with Crippen molar-refractivity contribution >= 4 is 19.4 Å². The molecule has 184 valence electrons. The number of aromatic nitrogens is 5. The van der Waals surface area contributed by atoms with E-state index in [9.17, 15) is 18.6 Å². The highest BCUT2D eigenvalue weighted by Gasteiger charge is 2.35. The molecule has 2 fully saturated rings. The number of tetrazole rings is 1. The number of ether oxygens (including phenoxy) is 2. The number of hydrogen-bond acceptors (Lipinski definition) is 9. The SMILES string of the molecule is Cn1nnc(-c2ccc(-c3ccc(N4CC(COCC5COP(=O)(O)C5)OC4=O)cc3F)cn2)n1. The van der Waals surface area contributed by atoms with Crippen molar-refractivity contribution in [2.75, 3.05) is 37.4 Å². The molecule has 12 nitrogen and oxygen atoms in total. The van der Waals surface area contributed by atoms with Gasteiger partial charge in [0.25, 0.3) is 0 Å². The number of anilines is 1. The van der Waals surface area contributed by atoms with Gasteiger partial charge in [0, 0.05) is 23.2 Å². The first-order chi connectivity index (χ1) is 16.8. The maximum Gasteiger partial charge on any atom is 0.414 e. The zero-order valence-electron chi connectivity index (χ0n) is 18.7. The second kappa shape index (κ2) is 9.42. The second-order valence-electron chi connectivity index (χ2n) is 8.33. The van der Waals surface area contributed by atoms with Crippen LogP contribution < -0.4 is 4.90 Å². The maximum atomic E-state index is 15.0. The fourth-order valence-electron chi connectivity index (χ4n) is 3.92. The zero-order valence-corrected chi connectivity index (χ0v) is 19.5. The van der Waals surface area contributed by atoms with E-state index in [-0.39, 0.29) is 38.4 Å². The minimum atomic E-state index is -3.49. The van der Waals surface area contributed by atoms with Gasteiger partial charge >= 0.3 is 13.7 Å². The third kappa shape index (κ3) is 5.22. The molecule has 2 aliphatic rings. The van der Waals surface area contributed by atoms with E-state index in [1.165, 1.54) is 22.0 Å². The number of cyclic esters (lactones) is 1. The van der Waals surface area contributed by atoms with Gasteiger partial charge in [-0.15, -0.1) is 10.2 Å². The molecule has 5 rings (SSSR count). The molecule has 0 saturated carbocycles. The summed E-state index contributed by atoms with van der Waals surface area (Å²) in [5.74, 6) is -0.330. The van der Waals surface area contributed by atoms with Crippen LogP contribution in [0.1, 0.15) is 0 Å². The number of hydrogen-bond donors (Lipinski definition) is 1. The molecule has 2 saturated heterocycles. The molecule has 0 radical (unpaired) electrons. The Morgan fingerprint density at radius 1 is 1.29 bits per heavy atom. The van der Waals surface area contributed by atoms with Crippen molar-refractivity contribution < 1.29 is 32.6 Å². The van der Waals surface area contributed by atoms with E-state index in [2.05, 4.69) is 20.4 Å². The Morgan fingerprint density at radius 3 is 2.80 bits per heavy atom. The van der Waals surface area contributed by atoms with E-state index in [0.29, 0.717) is 28.3 Å². The summed E-state index contributed by atoms with van der Waals surface area (Å²) in [6.45, 7) is 0.694. The highest BCUT2D eigenvalue weighted by Crippen LogP contribution is 2.49. The number of pyridine rings is 1. The molecular weight excluding hydrogens is 482 g/mol. The van der Waals surface area contributed by atoms with Crippen LogP contribution in [-0.2, 0) is 25.6 Å². The van der Waals surface area contributed by atoms with Gasteiger partial charge in [0.2, 0.25) is 5.82 Å². The Bertz CT molecular complexity index is 1290. The summed E-state index contributed by atoms with van der Waals surface area (Å²) in [6, 6.07) is 7.87. The van der Waals surface area contributed by atoms with Crippen LogP contribution in [0.2, 0.25) is 0 Å². The number of carbonyl (C=O) groups excluding carboxylic acids is 1. The van der Waals surface area contributed by atoms with Gasteiger partial charge in [-0.25, -0.2) is 9.18 Å². The summed E-state index contributed by atoms with van der Waals surface area (Å²) >= 11 is 0. The molecule has 2 aromatic heterocycles. The van der Waals surface area contributed by atoms with Gasteiger partial charge < -0.3 is 18.9 Å². The van der Waals surface area contributed by atoms with Gasteiger partial charge in [0.05, 0.1) is 45.3 Å². The smallest absolute Gasteiger partial charge is 0.414 e. The third-order valence-corrected chi connectivity index (χ3v) is 7.14. The fraction of sp³-hybridized carbons (Fsp3) is 0.381. The van der Waals surface area contributed by atoms with Gasteiger partial charge in [-0.3, -0.25) is 14.4 Å². The number of benzene rings is 1. The minimum Gasteiger partial charge on any atom is -0.441 e. The molecule has 14 heteroatoms. The van der Waals surface area contributed by atoms with Crippen LogP contribution in [0.3, 0.4) is 0 Å². The summed E-state index contributed by atoms with van der Waals surface area (Å²) in [5, 5.41) is 11.8. The van der Waals surface area contributed by atoms with E-state index >= 15 is 0 Å². The average Bonchev–Trinajstić information content (AvgIpc) is 3.52. The Kier molecular flexibility index (Phi) is 6.32. The van der Waals surface area contributed by atoms with Crippen molar-refractivity contribution in [3.63, 3.8) is 0 Å². The van der Waals surface area contributed by atoms with Crippen LogP contribution >= 0.6 is 7.60 Å². The lowest BCUT2D eigenvalue weighted by Gasteiger charge is -2.15. The van der Waals surface area contributed by atoms with Gasteiger partial charge in [0.15, 0.2) is 0 Å². The molecule has 3 aromatic rings. The van der Waals surface area contributed by atoms with E-state index in [1.54, 1.807) is 31.3 Å². The van der Waals surface area contributed by atoms with Gasteiger partial charge in [-0.2, -0.15) is 4.80 Å². The summed E-state index contributed by atoms with van der Waals surface area (Å²) in [6.07, 6.45) is 0.425. The molecule has 1 N–H and O–H groups in total. The average molecular weight is 504 g/mol. The quantitative estimate of drug-likeness (QED) is 0.476. The lowest BCUT2D eigenvalue weighted by molar-refractivity contribution is 0.0302. The van der Waals surface area contributed by atoms with E-state index in [0.717, 1.165) is 0 Å². The zero-order chi connectivity index (χ0) is 24.6. The molecule has 0 aliphatic carbocycles. The fourth-order valence-corrected chi connectivity index (χ4v) is 5.33. The highest BCUT2D eigenvalue weighted by molar-refractivity contribution is 7.53. The molecule has 1 aromatic carbocycles. The summed E-state index contributed by atoms with van der Waals surface area (Å²) in [4.78, 5) is 28.7. The lowest BCUT2D eigenvalue weighted by Crippen LogP contribution is -2.26. The summed E-state index contributed by atoms with van der Waals surface area (Å²) < 4.78 is 42.1. The Hall–Kier alpha value is -3.25. The molecule has 4 heterocycles. The van der Waals surface area contributed by atoms with Crippen LogP contribution in [0.15, 0.2) is 36.5 Å². The van der Waals surface area contributed by atoms with E-state index < -0.39 is 25.6 Å². The number of halogens is 1. The van der Waals surface area contributed by atoms with Crippen molar-refractivity contribution in [2.45, 2.75) is 6.10 Å². The molecule has 0 bridgehead atoms. The molecule has 2 aliphatic heterocycles. The van der Waals surface area contributed by atoms with Gasteiger partial charge in [-0.05, 0) is 29.5 Å². The van der Waals surface area contributed by atoms with Crippen LogP contribution in [0.25, 0.3) is 22.6 Å². The largest absolute Gasteiger partial charge is 0.441 e. The number of aryl methyl sites for hydroxylation is 1. The first kappa shape index (κ1) is 23.5. The first-order valence-electron chi connectivity index (χ1n) is 10.8. The van der Waals surface area contributed by atoms with Crippen LogP contribution in [0, 0.1) is 11.7 Å². The monoisotopic (exact) mass is 504 g/mol. The predicted octanol–water partition coefficient (Wildman–Crippen LogP) is 2.25. The first-order valence-corrected chi connectivity index (χ1v) is 12.6. The Labute approximate surface area is 199 Å². The molecule has 3 atom stereocenters. The highest BCUT2D eigenvalue weighted by atomic mass is 31.2. The molecule has 1 amide bonds. The summed E-state index contributed by atoms with van der Waals surface area (Å²) in [5.41, 5.74) is 1.75. The van der Waals surface area contributed by atoms with Gasteiger partial charge in [0.1, 0.15) is 17.6 Å². The number of carbonyl (C=O) groups is 1. The Morgan fingerprint density at radius 2 is 2.14 bits per heavy atom. The number of nitrogens with zero attached hydrogens (tertiary/aromatic N) is 6. The van der Waals surface area contributed by atoms with Gasteiger partial charge in [-0.1, -0.05) is 6.07 Å². The van der Waals surface area contributed by atoms with Crippen LogP contribution in [0.5, 0.6) is 0 Å². The van der Waals surface area contributed by atoms with Crippen molar-refractivity contribution in [1.82, 2.24) is 25.2 Å². The molecule has 3 unspecified atom stereocenters. The predicted molar refractivity (Wildman–Crippen MR) is 120 cm³/mol. The van der Waals surface area contributed by atoms with Crippen LogP contribution in [-0.4, -0.2) is 74.8 Å². The summed E-state index contributed by atoms with van der Waals surface area (Å²) in [7, 11) is -1.84. The lowest BCUT2D eigenvalue weighted by atomic mass is 10.1. The van der Waals surface area contributed by atoms with E-state index in [1.807, 2.05) is 0 Å². The van der Waals surface area contributed by atoms with Crippen molar-refractivity contribution in [3.05, 3.63) is 42.3 Å². The number of amides is 1. The van der Waals surface area contributed by atoms with Crippen LogP contribution in [0.4, 0.5) is 14.9 Å². The number of rotatable bonds is 7. The molecule has 35 heavy (non-hydrogen) atoms. The Balaban J connectivity index is 1.20. The standard InChI is InChI=1S/C21H22FN6O6P/c1-27-25-20(24-26-27)19-5-2-14(7-23-19)17-4-3-15(6-18(17)22)28-8-16(34-21(28)29)11-32-9-13-10-33-35(30,31)12-13/h2-7,13,16H,8-12H2,1H3,(H,30,31).